The molecular formula is C6H12FN3O. The highest BCUT2D eigenvalue weighted by Crippen LogP contribution is 1.97. The molecule has 0 aromatic heterocycles. The Kier molecular flexibility index (Phi) is 2.78. The molecule has 1 rings (SSSR count). The van der Waals surface area contributed by atoms with Crippen molar-refractivity contribution >= 4 is 5.91 Å². The minimum Gasteiger partial charge on any atom is -0.368 e. The maximum absolute atomic E-state index is 12.1. The van der Waals surface area contributed by atoms with Crippen LogP contribution in [0.15, 0.2) is 0 Å². The van der Waals surface area contributed by atoms with Crippen LogP contribution in [-0.2, 0) is 4.79 Å². The Morgan fingerprint density at radius 1 is 1.82 bits per heavy atom. The molecule has 1 atom stereocenters. The maximum Gasteiger partial charge on any atom is 0.235 e. The molecule has 0 aliphatic carbocycles. The number of hydrogen-bond donors (Lipinski definition) is 2. The minimum absolute atomic E-state index is 0.381. The Bertz CT molecular complexity index is 153. The monoisotopic (exact) mass is 161 g/mol. The van der Waals surface area contributed by atoms with E-state index in [4.69, 9.17) is 5.73 Å². The van der Waals surface area contributed by atoms with Crippen molar-refractivity contribution in [2.75, 3.05) is 26.4 Å². The summed E-state index contributed by atoms with van der Waals surface area (Å²) in [5.74, 6) is -0.414. The largest absolute Gasteiger partial charge is 0.368 e. The number of halogens is 1. The molecule has 0 spiro atoms. The quantitative estimate of drug-likeness (QED) is 0.493. The number of primary amides is 1. The van der Waals surface area contributed by atoms with Gasteiger partial charge in [0.15, 0.2) is 0 Å². The zero-order chi connectivity index (χ0) is 8.27. The first-order valence-corrected chi connectivity index (χ1v) is 3.55. The molecule has 1 amide bonds. The standard InChI is InChI=1S/C6H12FN3O/c7-4-10-2-1-9-5(3-10)6(8)11/h5,9H,1-4H2,(H2,8,11). The van der Waals surface area contributed by atoms with Crippen molar-refractivity contribution in [3.63, 3.8) is 0 Å². The molecule has 11 heavy (non-hydrogen) atoms. The van der Waals surface area contributed by atoms with Crippen molar-refractivity contribution in [3.8, 4) is 0 Å². The van der Waals surface area contributed by atoms with Crippen molar-refractivity contribution in [2.45, 2.75) is 6.04 Å². The zero-order valence-electron chi connectivity index (χ0n) is 6.22. The lowest BCUT2D eigenvalue weighted by molar-refractivity contribution is -0.121. The number of nitrogens with zero attached hydrogens (tertiary/aromatic N) is 1. The number of carbonyl (C=O) groups excluding carboxylic acids is 1. The number of nitrogens with one attached hydrogen (secondary N) is 1. The van der Waals surface area contributed by atoms with Crippen molar-refractivity contribution < 1.29 is 9.18 Å². The lowest BCUT2D eigenvalue weighted by Gasteiger charge is -2.29. The van der Waals surface area contributed by atoms with Crippen LogP contribution in [0.4, 0.5) is 4.39 Å². The average Bonchev–Trinajstić information content (AvgIpc) is 2.05. The Labute approximate surface area is 64.5 Å². The summed E-state index contributed by atoms with van der Waals surface area (Å²) < 4.78 is 12.1. The van der Waals surface area contributed by atoms with Gasteiger partial charge in [-0.1, -0.05) is 0 Å². The fourth-order valence-electron chi connectivity index (χ4n) is 1.11. The van der Waals surface area contributed by atoms with E-state index < -0.39 is 12.7 Å². The van der Waals surface area contributed by atoms with Gasteiger partial charge in [0, 0.05) is 19.6 Å². The van der Waals surface area contributed by atoms with Gasteiger partial charge in [0.25, 0.3) is 0 Å². The molecule has 1 heterocycles. The highest BCUT2D eigenvalue weighted by Gasteiger charge is 2.22. The molecule has 1 aliphatic heterocycles. The number of carbonyl (C=O) groups is 1. The van der Waals surface area contributed by atoms with E-state index in [0.29, 0.717) is 19.6 Å². The fourth-order valence-corrected chi connectivity index (χ4v) is 1.11. The summed E-state index contributed by atoms with van der Waals surface area (Å²) in [7, 11) is 0. The summed E-state index contributed by atoms with van der Waals surface area (Å²) in [4.78, 5) is 12.2. The van der Waals surface area contributed by atoms with Crippen LogP contribution < -0.4 is 11.1 Å². The summed E-state index contributed by atoms with van der Waals surface area (Å²) in [6.45, 7) is 1.13. The molecule has 1 aliphatic rings. The van der Waals surface area contributed by atoms with Gasteiger partial charge in [-0.3, -0.25) is 9.69 Å². The Hall–Kier alpha value is -0.680. The Balaban J connectivity index is 2.39. The summed E-state index contributed by atoms with van der Waals surface area (Å²) in [6.07, 6.45) is 0. The number of nitrogens with two attached hydrogens (primary N) is 1. The molecule has 64 valence electrons. The summed E-state index contributed by atoms with van der Waals surface area (Å²) in [5, 5.41) is 2.90. The molecule has 1 unspecified atom stereocenters. The smallest absolute Gasteiger partial charge is 0.235 e. The van der Waals surface area contributed by atoms with E-state index in [9.17, 15) is 9.18 Å². The van der Waals surface area contributed by atoms with Gasteiger partial charge >= 0.3 is 0 Å². The van der Waals surface area contributed by atoms with E-state index in [0.717, 1.165) is 0 Å². The first-order chi connectivity index (χ1) is 5.24. The van der Waals surface area contributed by atoms with Crippen molar-refractivity contribution in [3.05, 3.63) is 0 Å². The van der Waals surface area contributed by atoms with Gasteiger partial charge in [-0.15, -0.1) is 0 Å². The fraction of sp³-hybridized carbons (Fsp3) is 0.833. The molecule has 0 aromatic rings. The van der Waals surface area contributed by atoms with Gasteiger partial charge < -0.3 is 11.1 Å². The molecule has 1 saturated heterocycles. The van der Waals surface area contributed by atoms with E-state index in [1.807, 2.05) is 0 Å². The van der Waals surface area contributed by atoms with Crippen LogP contribution in [0, 0.1) is 0 Å². The second kappa shape index (κ2) is 3.64. The SMILES string of the molecule is NC(=O)C1CN(CF)CCN1. The number of amides is 1. The first kappa shape index (κ1) is 8.42. The van der Waals surface area contributed by atoms with Gasteiger partial charge in [-0.2, -0.15) is 0 Å². The van der Waals surface area contributed by atoms with Crippen LogP contribution in [-0.4, -0.2) is 43.3 Å². The van der Waals surface area contributed by atoms with Crippen molar-refractivity contribution in [1.82, 2.24) is 10.2 Å². The van der Waals surface area contributed by atoms with E-state index in [-0.39, 0.29) is 6.04 Å². The van der Waals surface area contributed by atoms with E-state index in [1.54, 1.807) is 4.90 Å². The molecule has 0 bridgehead atoms. The molecule has 0 saturated carbocycles. The molecule has 3 N–H and O–H groups in total. The lowest BCUT2D eigenvalue weighted by Crippen LogP contribution is -2.55. The van der Waals surface area contributed by atoms with Gasteiger partial charge in [0.05, 0.1) is 6.04 Å². The molecule has 0 aromatic carbocycles. The molecular weight excluding hydrogens is 149 g/mol. The summed E-state index contributed by atoms with van der Waals surface area (Å²) in [6, 6.07) is -0.389. The van der Waals surface area contributed by atoms with Crippen LogP contribution in [0.3, 0.4) is 0 Å². The van der Waals surface area contributed by atoms with E-state index in [1.165, 1.54) is 0 Å². The molecule has 1 fully saturated rings. The number of hydrogen-bond acceptors (Lipinski definition) is 3. The first-order valence-electron chi connectivity index (χ1n) is 3.55. The number of rotatable bonds is 2. The van der Waals surface area contributed by atoms with Crippen LogP contribution in [0.25, 0.3) is 0 Å². The third-order valence-electron chi connectivity index (χ3n) is 1.77. The van der Waals surface area contributed by atoms with Crippen LogP contribution in [0.1, 0.15) is 0 Å². The van der Waals surface area contributed by atoms with Gasteiger partial charge in [0.2, 0.25) is 5.91 Å². The average molecular weight is 161 g/mol. The second-order valence-electron chi connectivity index (χ2n) is 2.61. The van der Waals surface area contributed by atoms with Crippen molar-refractivity contribution in [1.29, 1.82) is 0 Å². The van der Waals surface area contributed by atoms with Crippen molar-refractivity contribution in [2.24, 2.45) is 5.73 Å². The van der Waals surface area contributed by atoms with Gasteiger partial charge in [-0.05, 0) is 0 Å². The second-order valence-corrected chi connectivity index (χ2v) is 2.61. The van der Waals surface area contributed by atoms with E-state index >= 15 is 0 Å². The van der Waals surface area contributed by atoms with Crippen LogP contribution >= 0.6 is 0 Å². The third kappa shape index (κ3) is 2.13. The summed E-state index contributed by atoms with van der Waals surface area (Å²) >= 11 is 0. The molecule has 0 radical (unpaired) electrons. The summed E-state index contributed by atoms with van der Waals surface area (Å²) in [5.41, 5.74) is 5.03. The van der Waals surface area contributed by atoms with Crippen LogP contribution in [0.2, 0.25) is 0 Å². The zero-order valence-corrected chi connectivity index (χ0v) is 6.22. The predicted molar refractivity (Wildman–Crippen MR) is 38.5 cm³/mol. The topological polar surface area (TPSA) is 58.4 Å². The van der Waals surface area contributed by atoms with Gasteiger partial charge in [-0.25, -0.2) is 4.39 Å². The number of alkyl halides is 1. The van der Waals surface area contributed by atoms with E-state index in [2.05, 4.69) is 5.32 Å². The number of piperazine rings is 1. The third-order valence-corrected chi connectivity index (χ3v) is 1.77. The normalized spacial score (nSPS) is 26.8. The highest BCUT2D eigenvalue weighted by molar-refractivity contribution is 5.80. The Morgan fingerprint density at radius 2 is 2.55 bits per heavy atom. The van der Waals surface area contributed by atoms with Crippen LogP contribution in [0.5, 0.6) is 0 Å². The highest BCUT2D eigenvalue weighted by atomic mass is 19.1. The minimum atomic E-state index is -0.508. The predicted octanol–water partition coefficient (Wildman–Crippen LogP) is -1.33. The lowest BCUT2D eigenvalue weighted by atomic mass is 10.2. The maximum atomic E-state index is 12.1. The Morgan fingerprint density at radius 3 is 3.09 bits per heavy atom. The molecule has 5 heteroatoms. The van der Waals surface area contributed by atoms with Gasteiger partial charge in [0.1, 0.15) is 6.80 Å². The molecule has 4 nitrogen and oxygen atoms in total.